The van der Waals surface area contributed by atoms with E-state index in [1.165, 1.54) is 21.3 Å². The van der Waals surface area contributed by atoms with Crippen LogP contribution in [0.4, 0.5) is 0 Å². The molecule has 0 rings (SSSR count). The number of ether oxygens (including phenoxy) is 1. The second-order valence-electron chi connectivity index (χ2n) is 1.56. The molecule has 0 aliphatic rings. The first-order valence-electron chi connectivity index (χ1n) is 2.73. The second kappa shape index (κ2) is 6.59. The van der Waals surface area contributed by atoms with E-state index in [1.54, 1.807) is 0 Å². The van der Waals surface area contributed by atoms with E-state index in [4.69, 9.17) is 0 Å². The molecule has 7 heteroatoms. The first kappa shape index (κ1) is 14.6. The third-order valence-electron chi connectivity index (χ3n) is 0.974. The molecule has 5 nitrogen and oxygen atoms in total. The molecule has 0 N–H and O–H groups in total. The summed E-state index contributed by atoms with van der Waals surface area (Å²) in [4.78, 5) is 0. The van der Waals surface area contributed by atoms with Gasteiger partial charge in [-0.2, -0.15) is 0 Å². The van der Waals surface area contributed by atoms with Gasteiger partial charge in [0.25, 0.3) is 0 Å². The van der Waals surface area contributed by atoms with E-state index < -0.39 is 13.5 Å². The molecule has 0 unspecified atom stereocenters. The van der Waals surface area contributed by atoms with Crippen LogP contribution >= 0.6 is 7.60 Å². The average Bonchev–Trinajstić information content (AvgIpc) is 2.04. The van der Waals surface area contributed by atoms with Crippen LogP contribution < -0.4 is 24.0 Å². The van der Waals surface area contributed by atoms with Gasteiger partial charge in [0.15, 0.2) is 0 Å². The first-order chi connectivity index (χ1) is 5.08. The van der Waals surface area contributed by atoms with Crippen LogP contribution in [0.1, 0.15) is 0 Å². The molecule has 0 aromatic carbocycles. The molecule has 66 valence electrons. The smallest absolute Gasteiger partial charge is 0.616 e. The first-order valence-corrected chi connectivity index (χ1v) is 4.34. The van der Waals surface area contributed by atoms with Crippen molar-refractivity contribution in [2.75, 3.05) is 21.3 Å². The van der Waals surface area contributed by atoms with Crippen LogP contribution in [0.2, 0.25) is 0 Å². The van der Waals surface area contributed by atoms with Crippen LogP contribution in [0.15, 0.2) is 11.8 Å². The standard InChI is InChI=1S/C5H11O5P.Li/c1-8-5(6)4-11(7,9-2)10-3;/h4,6H,1-3H3;/q;+1/p-1/b5-4+;. The van der Waals surface area contributed by atoms with Gasteiger partial charge in [-0.1, -0.05) is 0 Å². The van der Waals surface area contributed by atoms with E-state index in [1.807, 2.05) is 0 Å². The zero-order valence-electron chi connectivity index (χ0n) is 7.57. The minimum absolute atomic E-state index is 0. The van der Waals surface area contributed by atoms with Crippen molar-refractivity contribution in [3.8, 4) is 0 Å². The van der Waals surface area contributed by atoms with Crippen LogP contribution in [0.3, 0.4) is 0 Å². The molecule has 12 heavy (non-hydrogen) atoms. The van der Waals surface area contributed by atoms with Crippen LogP contribution in [0, 0.1) is 0 Å². The summed E-state index contributed by atoms with van der Waals surface area (Å²) in [6, 6.07) is 0. The van der Waals surface area contributed by atoms with Gasteiger partial charge in [0.05, 0.1) is 5.95 Å². The summed E-state index contributed by atoms with van der Waals surface area (Å²) in [5, 5.41) is 10.5. The van der Waals surface area contributed by atoms with E-state index in [-0.39, 0.29) is 18.9 Å². The fraction of sp³-hybridized carbons (Fsp3) is 0.600. The average molecular weight is 188 g/mol. The molecule has 0 saturated heterocycles. The Labute approximate surface area is 83.4 Å². The predicted octanol–water partition coefficient (Wildman–Crippen LogP) is -2.72. The van der Waals surface area contributed by atoms with Crippen molar-refractivity contribution >= 4 is 7.60 Å². The van der Waals surface area contributed by atoms with E-state index in [2.05, 4.69) is 13.8 Å². The van der Waals surface area contributed by atoms with Crippen molar-refractivity contribution in [3.05, 3.63) is 11.8 Å². The number of methoxy groups -OCH3 is 1. The molecule has 0 saturated carbocycles. The third kappa shape index (κ3) is 4.86. The summed E-state index contributed by atoms with van der Waals surface area (Å²) in [6.45, 7) is 0. The number of hydrogen-bond acceptors (Lipinski definition) is 5. The Bertz CT molecular complexity index is 184. The van der Waals surface area contributed by atoms with Crippen LogP contribution in [0.5, 0.6) is 0 Å². The summed E-state index contributed by atoms with van der Waals surface area (Å²) in [6.07, 6.45) is 0. The molecular formula is C5H10LiO5P. The maximum atomic E-state index is 11.1. The molecule has 0 fully saturated rings. The normalized spacial score (nSPS) is 12.1. The van der Waals surface area contributed by atoms with Crippen LogP contribution in [-0.2, 0) is 18.3 Å². The van der Waals surface area contributed by atoms with Gasteiger partial charge in [0.1, 0.15) is 0 Å². The Kier molecular flexibility index (Phi) is 8.02. The summed E-state index contributed by atoms with van der Waals surface area (Å²) in [5.74, 6) is 0.0320. The Balaban J connectivity index is 0. The van der Waals surface area contributed by atoms with Crippen molar-refractivity contribution < 1.29 is 42.3 Å². The van der Waals surface area contributed by atoms with Crippen molar-refractivity contribution in [2.24, 2.45) is 0 Å². The zero-order valence-corrected chi connectivity index (χ0v) is 8.46. The molecule has 0 radical (unpaired) electrons. The van der Waals surface area contributed by atoms with Gasteiger partial charge < -0.3 is 18.9 Å². The topological polar surface area (TPSA) is 67.8 Å². The van der Waals surface area contributed by atoms with Gasteiger partial charge in [-0.15, -0.1) is 0 Å². The quantitative estimate of drug-likeness (QED) is 0.272. The summed E-state index contributed by atoms with van der Waals surface area (Å²) in [5.41, 5.74) is 0. The van der Waals surface area contributed by atoms with Crippen molar-refractivity contribution in [2.45, 2.75) is 0 Å². The van der Waals surface area contributed by atoms with Gasteiger partial charge in [-0.3, -0.25) is 4.57 Å². The van der Waals surface area contributed by atoms with Crippen molar-refractivity contribution in [1.29, 1.82) is 0 Å². The largest absolute Gasteiger partial charge is 1.00 e. The van der Waals surface area contributed by atoms with Crippen LogP contribution in [0.25, 0.3) is 0 Å². The maximum Gasteiger partial charge on any atom is 1.00 e. The second-order valence-corrected chi connectivity index (χ2v) is 3.63. The van der Waals surface area contributed by atoms with E-state index >= 15 is 0 Å². The Hall–Kier alpha value is 0.0874. The maximum absolute atomic E-state index is 11.1. The van der Waals surface area contributed by atoms with Gasteiger partial charge >= 0.3 is 26.5 Å². The van der Waals surface area contributed by atoms with E-state index in [9.17, 15) is 9.67 Å². The van der Waals surface area contributed by atoms with E-state index in [0.717, 1.165) is 5.82 Å². The molecule has 0 spiro atoms. The third-order valence-corrected chi connectivity index (χ3v) is 2.52. The summed E-state index contributed by atoms with van der Waals surface area (Å²) in [7, 11) is 0.190. The minimum atomic E-state index is -3.35. The molecule has 0 aliphatic heterocycles. The van der Waals surface area contributed by atoms with Gasteiger partial charge in [0.2, 0.25) is 0 Å². The Morgan fingerprint density at radius 3 is 2.00 bits per heavy atom. The molecule has 0 atom stereocenters. The van der Waals surface area contributed by atoms with Crippen LogP contribution in [-0.4, -0.2) is 21.3 Å². The molecule has 0 bridgehead atoms. The van der Waals surface area contributed by atoms with E-state index in [0.29, 0.717) is 0 Å². The molecular weight excluding hydrogens is 178 g/mol. The minimum Gasteiger partial charge on any atom is -0.616 e. The Morgan fingerprint density at radius 2 is 1.75 bits per heavy atom. The van der Waals surface area contributed by atoms with Gasteiger partial charge in [-0.05, 0) is 7.11 Å². The van der Waals surface area contributed by atoms with Gasteiger partial charge in [0, 0.05) is 20.0 Å². The summed E-state index contributed by atoms with van der Waals surface area (Å²) >= 11 is 0. The molecule has 0 aliphatic carbocycles. The molecule has 0 amide bonds. The molecule has 0 aromatic rings. The Morgan fingerprint density at radius 1 is 1.33 bits per heavy atom. The SMILES string of the molecule is CO/C([O-])=C/P(=O)(OC)OC.[Li+]. The summed E-state index contributed by atoms with van der Waals surface area (Å²) < 4.78 is 24.2. The number of rotatable bonds is 4. The fourth-order valence-electron chi connectivity index (χ4n) is 0.362. The van der Waals surface area contributed by atoms with Gasteiger partial charge in [-0.25, -0.2) is 0 Å². The molecule has 0 heterocycles. The molecule has 0 aromatic heterocycles. The van der Waals surface area contributed by atoms with Crippen molar-refractivity contribution in [3.63, 3.8) is 0 Å². The monoisotopic (exact) mass is 188 g/mol. The number of hydrogen-bond donors (Lipinski definition) is 0. The van der Waals surface area contributed by atoms with Crippen molar-refractivity contribution in [1.82, 2.24) is 0 Å². The predicted molar refractivity (Wildman–Crippen MR) is 36.7 cm³/mol. The fourth-order valence-corrected chi connectivity index (χ4v) is 1.09. The zero-order chi connectivity index (χ0) is 8.91.